The number of nitrogens with two attached hydrogens (primary N) is 1. The van der Waals surface area contributed by atoms with Gasteiger partial charge < -0.3 is 5.73 Å². The summed E-state index contributed by atoms with van der Waals surface area (Å²) in [4.78, 5) is 1.35. The van der Waals surface area contributed by atoms with Gasteiger partial charge in [-0.2, -0.15) is 0 Å². The zero-order valence-electron chi connectivity index (χ0n) is 8.92. The predicted molar refractivity (Wildman–Crippen MR) is 60.1 cm³/mol. The van der Waals surface area contributed by atoms with E-state index in [0.717, 1.165) is 6.42 Å². The molecule has 0 fully saturated rings. The number of thiophene rings is 1. The van der Waals surface area contributed by atoms with Crippen molar-refractivity contribution in [3.63, 3.8) is 0 Å². The lowest BCUT2D eigenvalue weighted by Gasteiger charge is -2.22. The third-order valence-corrected chi connectivity index (χ3v) is 2.89. The number of hydrogen-bond donors (Lipinski definition) is 1. The van der Waals surface area contributed by atoms with Crippen molar-refractivity contribution in [3.05, 3.63) is 21.9 Å². The van der Waals surface area contributed by atoms with Gasteiger partial charge in [0, 0.05) is 10.9 Å². The lowest BCUT2D eigenvalue weighted by atomic mass is 9.86. The van der Waals surface area contributed by atoms with E-state index in [1.807, 2.05) is 0 Å². The van der Waals surface area contributed by atoms with Crippen molar-refractivity contribution in [2.24, 2.45) is 11.1 Å². The molecule has 0 bridgehead atoms. The highest BCUT2D eigenvalue weighted by Crippen LogP contribution is 2.29. The first-order valence-electron chi connectivity index (χ1n) is 4.69. The first-order chi connectivity index (χ1) is 5.88. The topological polar surface area (TPSA) is 26.0 Å². The molecule has 1 unspecified atom stereocenters. The third-order valence-electron chi connectivity index (χ3n) is 2.01. The first-order valence-corrected chi connectivity index (χ1v) is 5.57. The Labute approximate surface area is 85.0 Å². The largest absolute Gasteiger partial charge is 0.324 e. The molecule has 0 saturated heterocycles. The number of rotatable bonds is 2. The molecule has 1 nitrogen and oxygen atoms in total. The summed E-state index contributed by atoms with van der Waals surface area (Å²) in [6.07, 6.45) is 1.04. The van der Waals surface area contributed by atoms with Gasteiger partial charge in [-0.05, 0) is 35.8 Å². The van der Waals surface area contributed by atoms with Gasteiger partial charge in [0.25, 0.3) is 0 Å². The second-order valence-corrected chi connectivity index (χ2v) is 5.98. The van der Waals surface area contributed by atoms with Crippen LogP contribution in [0.25, 0.3) is 0 Å². The Bertz CT molecular complexity index is 270. The Hall–Kier alpha value is -0.340. The van der Waals surface area contributed by atoms with E-state index in [0.29, 0.717) is 5.41 Å². The van der Waals surface area contributed by atoms with Gasteiger partial charge in [-0.3, -0.25) is 0 Å². The van der Waals surface area contributed by atoms with Crippen LogP contribution in [0.2, 0.25) is 0 Å². The summed E-state index contributed by atoms with van der Waals surface area (Å²) in [7, 11) is 0. The van der Waals surface area contributed by atoms with E-state index in [1.165, 1.54) is 10.4 Å². The fourth-order valence-corrected chi connectivity index (χ4v) is 2.20. The van der Waals surface area contributed by atoms with Crippen LogP contribution >= 0.6 is 11.3 Å². The number of hydrogen-bond acceptors (Lipinski definition) is 2. The maximum absolute atomic E-state index is 6.10. The van der Waals surface area contributed by atoms with E-state index in [2.05, 4.69) is 39.1 Å². The van der Waals surface area contributed by atoms with Crippen LogP contribution in [-0.4, -0.2) is 0 Å². The quantitative estimate of drug-likeness (QED) is 0.771. The Morgan fingerprint density at radius 2 is 2.08 bits per heavy atom. The number of aryl methyl sites for hydroxylation is 1. The second-order valence-electron chi connectivity index (χ2n) is 4.86. The van der Waals surface area contributed by atoms with Crippen LogP contribution in [0.1, 0.15) is 43.7 Å². The Morgan fingerprint density at radius 3 is 2.46 bits per heavy atom. The molecule has 13 heavy (non-hydrogen) atoms. The highest BCUT2D eigenvalue weighted by Gasteiger charge is 2.17. The van der Waals surface area contributed by atoms with Gasteiger partial charge >= 0.3 is 0 Å². The molecule has 0 aliphatic heterocycles. The summed E-state index contributed by atoms with van der Waals surface area (Å²) in [6.45, 7) is 8.81. The molecule has 0 aliphatic rings. The minimum Gasteiger partial charge on any atom is -0.324 e. The van der Waals surface area contributed by atoms with Crippen molar-refractivity contribution in [1.29, 1.82) is 0 Å². The molecular weight excluding hydrogens is 178 g/mol. The van der Waals surface area contributed by atoms with Crippen molar-refractivity contribution in [2.45, 2.75) is 40.2 Å². The summed E-state index contributed by atoms with van der Waals surface area (Å²) in [5, 5.41) is 2.17. The first kappa shape index (κ1) is 10.7. The van der Waals surface area contributed by atoms with E-state index in [-0.39, 0.29) is 6.04 Å². The molecule has 1 rings (SSSR count). The molecular formula is C11H19NS. The molecule has 0 aliphatic carbocycles. The lowest BCUT2D eigenvalue weighted by molar-refractivity contribution is 0.343. The maximum atomic E-state index is 6.10. The maximum Gasteiger partial charge on any atom is 0.0308 e. The van der Waals surface area contributed by atoms with Crippen molar-refractivity contribution in [2.75, 3.05) is 0 Å². The lowest BCUT2D eigenvalue weighted by Crippen LogP contribution is -2.18. The van der Waals surface area contributed by atoms with Crippen molar-refractivity contribution < 1.29 is 0 Å². The predicted octanol–water partition coefficient (Wildman–Crippen LogP) is 3.49. The van der Waals surface area contributed by atoms with Crippen LogP contribution in [0.15, 0.2) is 11.4 Å². The molecule has 1 aromatic rings. The molecule has 0 spiro atoms. The monoisotopic (exact) mass is 197 g/mol. The van der Waals surface area contributed by atoms with E-state index in [9.17, 15) is 0 Å². The zero-order valence-corrected chi connectivity index (χ0v) is 9.74. The Morgan fingerprint density at radius 1 is 1.46 bits per heavy atom. The van der Waals surface area contributed by atoms with Crippen molar-refractivity contribution >= 4 is 11.3 Å². The minimum atomic E-state index is 0.199. The van der Waals surface area contributed by atoms with Gasteiger partial charge in [-0.25, -0.2) is 0 Å². The summed E-state index contributed by atoms with van der Waals surface area (Å²) in [5.41, 5.74) is 7.71. The SMILES string of the molecule is Cc1cc(C(N)CC(C)(C)C)cs1. The fraction of sp³-hybridized carbons (Fsp3) is 0.636. The minimum absolute atomic E-state index is 0.199. The molecule has 1 aromatic heterocycles. The van der Waals surface area contributed by atoms with Gasteiger partial charge in [0.2, 0.25) is 0 Å². The van der Waals surface area contributed by atoms with Crippen LogP contribution in [-0.2, 0) is 0 Å². The van der Waals surface area contributed by atoms with E-state index >= 15 is 0 Å². The molecule has 2 N–H and O–H groups in total. The Balaban J connectivity index is 2.64. The normalized spacial score (nSPS) is 14.5. The van der Waals surface area contributed by atoms with Crippen LogP contribution in [0.4, 0.5) is 0 Å². The third kappa shape index (κ3) is 3.49. The van der Waals surface area contributed by atoms with Crippen LogP contribution in [0.3, 0.4) is 0 Å². The fourth-order valence-electron chi connectivity index (χ4n) is 1.44. The molecule has 2 heteroatoms. The molecule has 1 atom stereocenters. The van der Waals surface area contributed by atoms with Crippen LogP contribution in [0.5, 0.6) is 0 Å². The summed E-state index contributed by atoms with van der Waals surface area (Å²) in [5.74, 6) is 0. The smallest absolute Gasteiger partial charge is 0.0308 e. The van der Waals surface area contributed by atoms with E-state index < -0.39 is 0 Å². The molecule has 0 saturated carbocycles. The summed E-state index contributed by atoms with van der Waals surface area (Å²) >= 11 is 1.78. The van der Waals surface area contributed by atoms with E-state index in [1.54, 1.807) is 11.3 Å². The summed E-state index contributed by atoms with van der Waals surface area (Å²) < 4.78 is 0. The van der Waals surface area contributed by atoms with Crippen LogP contribution < -0.4 is 5.73 Å². The molecule has 0 aromatic carbocycles. The molecule has 0 amide bonds. The highest BCUT2D eigenvalue weighted by molar-refractivity contribution is 7.10. The highest BCUT2D eigenvalue weighted by atomic mass is 32.1. The van der Waals surface area contributed by atoms with Crippen molar-refractivity contribution in [1.82, 2.24) is 0 Å². The molecule has 0 radical (unpaired) electrons. The van der Waals surface area contributed by atoms with Crippen LogP contribution in [0, 0.1) is 12.3 Å². The van der Waals surface area contributed by atoms with E-state index in [4.69, 9.17) is 5.73 Å². The second kappa shape index (κ2) is 3.81. The van der Waals surface area contributed by atoms with Crippen molar-refractivity contribution in [3.8, 4) is 0 Å². The van der Waals surface area contributed by atoms with Gasteiger partial charge in [-0.1, -0.05) is 20.8 Å². The van der Waals surface area contributed by atoms with Gasteiger partial charge in [0.15, 0.2) is 0 Å². The Kier molecular flexibility index (Phi) is 3.14. The standard InChI is InChI=1S/C11H19NS/c1-8-5-9(7-13-8)10(12)6-11(2,3)4/h5,7,10H,6,12H2,1-4H3. The molecule has 74 valence electrons. The van der Waals surface area contributed by atoms with Gasteiger partial charge in [0.05, 0.1) is 0 Å². The molecule has 1 heterocycles. The average Bonchev–Trinajstić information content (AvgIpc) is 2.31. The van der Waals surface area contributed by atoms with Gasteiger partial charge in [-0.15, -0.1) is 11.3 Å². The zero-order chi connectivity index (χ0) is 10.1. The van der Waals surface area contributed by atoms with Gasteiger partial charge in [0.1, 0.15) is 0 Å². The summed E-state index contributed by atoms with van der Waals surface area (Å²) in [6, 6.07) is 2.39. The average molecular weight is 197 g/mol.